The number of benzene rings is 3. The van der Waals surface area contributed by atoms with Crippen molar-refractivity contribution in [1.82, 2.24) is 0 Å². The van der Waals surface area contributed by atoms with Crippen LogP contribution in [-0.4, -0.2) is 0 Å². The predicted molar refractivity (Wildman–Crippen MR) is 118 cm³/mol. The van der Waals surface area contributed by atoms with E-state index in [1.165, 1.54) is 49.7 Å². The van der Waals surface area contributed by atoms with Gasteiger partial charge in [-0.15, -0.1) is 0 Å². The van der Waals surface area contributed by atoms with Gasteiger partial charge < -0.3 is 0 Å². The summed E-state index contributed by atoms with van der Waals surface area (Å²) < 4.78 is 15.1. The van der Waals surface area contributed by atoms with Crippen molar-refractivity contribution in [2.24, 2.45) is 11.8 Å². The average Bonchev–Trinajstić information content (AvgIpc) is 2.74. The number of halogens is 1. The number of hydrogen-bond acceptors (Lipinski definition) is 0. The molecule has 0 nitrogen and oxygen atoms in total. The van der Waals surface area contributed by atoms with Crippen LogP contribution in [0.3, 0.4) is 0 Å². The van der Waals surface area contributed by atoms with Crippen LogP contribution in [-0.2, 0) is 6.42 Å². The minimum absolute atomic E-state index is 0.106. The van der Waals surface area contributed by atoms with Crippen LogP contribution >= 0.6 is 0 Å². The fourth-order valence-electron chi connectivity index (χ4n) is 4.75. The standard InChI is InChI=1S/C27H31F/c1-3-20-6-8-21(9-7-20)10-11-22-12-16-26-24(18-22)15-17-25(27(26)28)23-13-4-19(2)5-14-23/h4-5,12-18,20-21H,3,6-11H2,1-2H3. The summed E-state index contributed by atoms with van der Waals surface area (Å²) in [4.78, 5) is 0. The third kappa shape index (κ3) is 4.14. The Labute approximate surface area is 168 Å². The summed E-state index contributed by atoms with van der Waals surface area (Å²) in [5.41, 5.74) is 4.16. The molecule has 0 N–H and O–H groups in total. The van der Waals surface area contributed by atoms with Crippen molar-refractivity contribution >= 4 is 10.8 Å². The first kappa shape index (κ1) is 19.2. The molecule has 0 spiro atoms. The molecule has 1 aliphatic rings. The van der Waals surface area contributed by atoms with Gasteiger partial charge in [0.05, 0.1) is 0 Å². The SMILES string of the molecule is CCC1CCC(CCc2ccc3c(F)c(-c4ccc(C)cc4)ccc3c2)CC1. The zero-order chi connectivity index (χ0) is 19.5. The molecular weight excluding hydrogens is 343 g/mol. The molecule has 0 atom stereocenters. The van der Waals surface area contributed by atoms with Crippen LogP contribution in [0.5, 0.6) is 0 Å². The van der Waals surface area contributed by atoms with Gasteiger partial charge in [0.2, 0.25) is 0 Å². The molecule has 4 rings (SSSR count). The molecule has 1 heteroatoms. The number of aryl methyl sites for hydroxylation is 2. The van der Waals surface area contributed by atoms with Crippen molar-refractivity contribution in [2.75, 3.05) is 0 Å². The Hall–Kier alpha value is -2.15. The van der Waals surface area contributed by atoms with Crippen LogP contribution in [0, 0.1) is 24.6 Å². The maximum Gasteiger partial charge on any atom is 0.138 e. The van der Waals surface area contributed by atoms with Gasteiger partial charge in [0.25, 0.3) is 0 Å². The molecule has 1 saturated carbocycles. The van der Waals surface area contributed by atoms with E-state index < -0.39 is 0 Å². The second-order valence-electron chi connectivity index (χ2n) is 8.68. The summed E-state index contributed by atoms with van der Waals surface area (Å²) in [6.07, 6.45) is 9.32. The molecule has 146 valence electrons. The van der Waals surface area contributed by atoms with E-state index in [1.807, 2.05) is 36.4 Å². The average molecular weight is 375 g/mol. The van der Waals surface area contributed by atoms with E-state index in [0.29, 0.717) is 5.56 Å². The normalized spacial score (nSPS) is 19.8. The quantitative estimate of drug-likeness (QED) is 0.423. The Bertz CT molecular complexity index is 930. The molecule has 1 aliphatic carbocycles. The highest BCUT2D eigenvalue weighted by molar-refractivity contribution is 5.88. The fourth-order valence-corrected chi connectivity index (χ4v) is 4.75. The van der Waals surface area contributed by atoms with Crippen molar-refractivity contribution in [3.05, 3.63) is 71.5 Å². The molecule has 3 aromatic carbocycles. The lowest BCUT2D eigenvalue weighted by molar-refractivity contribution is 0.259. The highest BCUT2D eigenvalue weighted by atomic mass is 19.1. The zero-order valence-electron chi connectivity index (χ0n) is 17.2. The van der Waals surface area contributed by atoms with Gasteiger partial charge in [0, 0.05) is 10.9 Å². The number of fused-ring (bicyclic) bond motifs is 1. The van der Waals surface area contributed by atoms with E-state index in [2.05, 4.69) is 32.0 Å². The highest BCUT2D eigenvalue weighted by Crippen LogP contribution is 2.34. The van der Waals surface area contributed by atoms with E-state index in [0.717, 1.165) is 34.6 Å². The first-order chi connectivity index (χ1) is 13.6. The van der Waals surface area contributed by atoms with Crippen LogP contribution < -0.4 is 0 Å². The molecule has 0 unspecified atom stereocenters. The molecule has 0 bridgehead atoms. The Balaban J connectivity index is 1.49. The van der Waals surface area contributed by atoms with Gasteiger partial charge in [-0.2, -0.15) is 0 Å². The highest BCUT2D eigenvalue weighted by Gasteiger charge is 2.19. The van der Waals surface area contributed by atoms with Gasteiger partial charge in [0.15, 0.2) is 0 Å². The molecule has 0 radical (unpaired) electrons. The Morgan fingerprint density at radius 3 is 2.29 bits per heavy atom. The molecule has 0 saturated heterocycles. The van der Waals surface area contributed by atoms with Crippen molar-refractivity contribution in [2.45, 2.75) is 58.8 Å². The van der Waals surface area contributed by atoms with Gasteiger partial charge >= 0.3 is 0 Å². The lowest BCUT2D eigenvalue weighted by Gasteiger charge is -2.27. The minimum atomic E-state index is -0.106. The van der Waals surface area contributed by atoms with Crippen LogP contribution in [0.25, 0.3) is 21.9 Å². The molecule has 0 heterocycles. The third-order valence-electron chi connectivity index (χ3n) is 6.77. The summed E-state index contributed by atoms with van der Waals surface area (Å²) in [7, 11) is 0. The van der Waals surface area contributed by atoms with Gasteiger partial charge in [-0.05, 0) is 48.1 Å². The summed E-state index contributed by atoms with van der Waals surface area (Å²) in [6, 6.07) is 18.4. The molecule has 1 fully saturated rings. The molecule has 28 heavy (non-hydrogen) atoms. The van der Waals surface area contributed by atoms with Gasteiger partial charge in [-0.3, -0.25) is 0 Å². The van der Waals surface area contributed by atoms with E-state index in [-0.39, 0.29) is 5.82 Å². The lowest BCUT2D eigenvalue weighted by atomic mass is 9.78. The molecule has 0 aliphatic heterocycles. The number of hydrogen-bond donors (Lipinski definition) is 0. The van der Waals surface area contributed by atoms with Crippen LogP contribution in [0.1, 0.15) is 56.6 Å². The maximum atomic E-state index is 15.1. The summed E-state index contributed by atoms with van der Waals surface area (Å²) in [5, 5.41) is 1.74. The first-order valence-electron chi connectivity index (χ1n) is 10.9. The van der Waals surface area contributed by atoms with Crippen molar-refractivity contribution in [3.8, 4) is 11.1 Å². The third-order valence-corrected chi connectivity index (χ3v) is 6.77. The Kier molecular flexibility index (Phi) is 5.80. The van der Waals surface area contributed by atoms with E-state index >= 15 is 4.39 Å². The van der Waals surface area contributed by atoms with Gasteiger partial charge in [0.1, 0.15) is 5.82 Å². The van der Waals surface area contributed by atoms with Crippen LogP contribution in [0.15, 0.2) is 54.6 Å². The second-order valence-corrected chi connectivity index (χ2v) is 8.68. The number of rotatable bonds is 5. The summed E-state index contributed by atoms with van der Waals surface area (Å²) in [6.45, 7) is 4.38. The van der Waals surface area contributed by atoms with Gasteiger partial charge in [-0.25, -0.2) is 4.39 Å². The van der Waals surface area contributed by atoms with E-state index in [1.54, 1.807) is 0 Å². The smallest absolute Gasteiger partial charge is 0.138 e. The molecule has 0 aromatic heterocycles. The maximum absolute atomic E-state index is 15.1. The van der Waals surface area contributed by atoms with Crippen LogP contribution in [0.2, 0.25) is 0 Å². The summed E-state index contributed by atoms with van der Waals surface area (Å²) in [5.74, 6) is 1.73. The first-order valence-corrected chi connectivity index (χ1v) is 10.9. The zero-order valence-corrected chi connectivity index (χ0v) is 17.2. The van der Waals surface area contributed by atoms with Crippen molar-refractivity contribution < 1.29 is 4.39 Å². The minimum Gasteiger partial charge on any atom is -0.206 e. The van der Waals surface area contributed by atoms with Crippen molar-refractivity contribution in [1.29, 1.82) is 0 Å². The lowest BCUT2D eigenvalue weighted by Crippen LogP contribution is -2.14. The fraction of sp³-hybridized carbons (Fsp3) is 0.407. The Morgan fingerprint density at radius 1 is 0.857 bits per heavy atom. The monoisotopic (exact) mass is 374 g/mol. The topological polar surface area (TPSA) is 0 Å². The molecule has 0 amide bonds. The van der Waals surface area contributed by atoms with E-state index in [9.17, 15) is 0 Å². The molecule has 3 aromatic rings. The second kappa shape index (κ2) is 8.47. The van der Waals surface area contributed by atoms with Crippen LogP contribution in [0.4, 0.5) is 4.39 Å². The molecular formula is C27H31F. The largest absolute Gasteiger partial charge is 0.206 e. The van der Waals surface area contributed by atoms with Crippen molar-refractivity contribution in [3.63, 3.8) is 0 Å². The summed E-state index contributed by atoms with van der Waals surface area (Å²) >= 11 is 0. The van der Waals surface area contributed by atoms with Gasteiger partial charge in [-0.1, -0.05) is 99.2 Å². The Morgan fingerprint density at radius 2 is 1.57 bits per heavy atom. The predicted octanol–water partition coefficient (Wildman–Crippen LogP) is 8.10. The van der Waals surface area contributed by atoms with E-state index in [4.69, 9.17) is 0 Å².